The van der Waals surface area contributed by atoms with Gasteiger partial charge in [0.05, 0.1) is 17.4 Å². The molecular weight excluding hydrogens is 421 g/mol. The molecule has 2 aromatic heterocycles. The third-order valence-electron chi connectivity index (χ3n) is 6.25. The van der Waals surface area contributed by atoms with Gasteiger partial charge in [0.15, 0.2) is 0 Å². The number of nitrogens with zero attached hydrogens (tertiary/aromatic N) is 5. The highest BCUT2D eigenvalue weighted by Crippen LogP contribution is 2.26. The van der Waals surface area contributed by atoms with E-state index in [0.717, 1.165) is 42.5 Å². The number of fused-ring (bicyclic) bond motifs is 1. The quantitative estimate of drug-likeness (QED) is 0.431. The number of hydrogen-bond acceptors (Lipinski definition) is 5. The summed E-state index contributed by atoms with van der Waals surface area (Å²) < 4.78 is 21.2. The minimum absolute atomic E-state index is 0.210. The Bertz CT molecular complexity index is 1290. The maximum atomic E-state index is 13.9. The second-order valence-electron chi connectivity index (χ2n) is 8.57. The summed E-state index contributed by atoms with van der Waals surface area (Å²) in [5.74, 6) is 0.580. The first-order valence-corrected chi connectivity index (χ1v) is 11.4. The van der Waals surface area contributed by atoms with Crippen LogP contribution in [0.2, 0.25) is 0 Å². The zero-order valence-corrected chi connectivity index (χ0v) is 18.6. The smallest absolute Gasteiger partial charge is 0.258 e. The van der Waals surface area contributed by atoms with Crippen molar-refractivity contribution in [1.29, 1.82) is 0 Å². The van der Waals surface area contributed by atoms with Crippen LogP contribution in [0.15, 0.2) is 47.2 Å². The first-order chi connectivity index (χ1) is 16.1. The van der Waals surface area contributed by atoms with Crippen LogP contribution in [0.3, 0.4) is 0 Å². The topological polar surface area (TPSA) is 77.1 Å². The highest BCUT2D eigenvalue weighted by molar-refractivity contribution is 5.81. The lowest BCUT2D eigenvalue weighted by atomic mass is 10.1. The van der Waals surface area contributed by atoms with E-state index in [9.17, 15) is 9.18 Å². The van der Waals surface area contributed by atoms with Gasteiger partial charge in [-0.2, -0.15) is 4.98 Å². The Morgan fingerprint density at radius 3 is 2.64 bits per heavy atom. The zero-order valence-electron chi connectivity index (χ0n) is 18.6. The Morgan fingerprint density at radius 1 is 1.06 bits per heavy atom. The average molecular weight is 448 g/mol. The molecule has 1 saturated heterocycles. The van der Waals surface area contributed by atoms with Gasteiger partial charge in [0.1, 0.15) is 5.82 Å². The van der Waals surface area contributed by atoms with Crippen molar-refractivity contribution < 1.29 is 13.7 Å². The summed E-state index contributed by atoms with van der Waals surface area (Å²) in [5, 5.41) is 4.05. The number of carbonyl (C=O) groups is 1. The fraction of sp³-hybridized carbons (Fsp3) is 0.360. The Kier molecular flexibility index (Phi) is 5.90. The van der Waals surface area contributed by atoms with Crippen molar-refractivity contribution in [3.63, 3.8) is 0 Å². The molecule has 1 amide bonds. The Balaban J connectivity index is 1.30. The number of hydrogen-bond donors (Lipinski definition) is 0. The molecule has 0 N–H and O–H groups in total. The standard InChI is InChI=1S/C25H26FN5O2/c1-17-6-7-19(14-20(17)26)25-28-24(29-33-25)18-8-9-22-21(15-18)27-16-31(22)13-10-23(32)30-11-4-2-3-5-12-30/h6-9,14-16H,2-5,10-13H2,1H3. The molecule has 1 aliphatic heterocycles. The van der Waals surface area contributed by atoms with Crippen LogP contribution in [-0.4, -0.2) is 43.6 Å². The SMILES string of the molecule is Cc1ccc(-c2nc(-c3ccc4c(c3)ncn4CCC(=O)N3CCCCCC3)no2)cc1F. The van der Waals surface area contributed by atoms with Gasteiger partial charge in [0.2, 0.25) is 11.7 Å². The maximum Gasteiger partial charge on any atom is 0.258 e. The minimum atomic E-state index is -0.312. The third-order valence-corrected chi connectivity index (χ3v) is 6.25. The molecule has 4 aromatic rings. The number of rotatable bonds is 5. The molecule has 8 heteroatoms. The van der Waals surface area contributed by atoms with Gasteiger partial charge < -0.3 is 14.0 Å². The molecule has 5 rings (SSSR count). The lowest BCUT2D eigenvalue weighted by Gasteiger charge is -2.20. The summed E-state index contributed by atoms with van der Waals surface area (Å²) in [6, 6.07) is 10.6. The van der Waals surface area contributed by atoms with Crippen molar-refractivity contribution in [3.05, 3.63) is 54.1 Å². The number of benzene rings is 2. The van der Waals surface area contributed by atoms with Crippen LogP contribution in [0.4, 0.5) is 4.39 Å². The van der Waals surface area contributed by atoms with E-state index in [-0.39, 0.29) is 17.6 Å². The van der Waals surface area contributed by atoms with E-state index < -0.39 is 0 Å². The van der Waals surface area contributed by atoms with Gasteiger partial charge in [-0.3, -0.25) is 4.79 Å². The van der Waals surface area contributed by atoms with E-state index in [1.807, 2.05) is 27.7 Å². The van der Waals surface area contributed by atoms with Gasteiger partial charge in [0, 0.05) is 37.2 Å². The number of carbonyl (C=O) groups excluding carboxylic acids is 1. The molecule has 3 heterocycles. The van der Waals surface area contributed by atoms with Crippen LogP contribution in [0.1, 0.15) is 37.7 Å². The number of aromatic nitrogens is 4. The van der Waals surface area contributed by atoms with Crippen molar-refractivity contribution in [2.24, 2.45) is 0 Å². The molecule has 0 spiro atoms. The first kappa shape index (κ1) is 21.3. The van der Waals surface area contributed by atoms with Crippen LogP contribution >= 0.6 is 0 Å². The average Bonchev–Trinajstić information content (AvgIpc) is 3.38. The monoisotopic (exact) mass is 447 g/mol. The van der Waals surface area contributed by atoms with Crippen LogP contribution in [0.25, 0.3) is 33.9 Å². The number of halogens is 1. The first-order valence-electron chi connectivity index (χ1n) is 11.4. The summed E-state index contributed by atoms with van der Waals surface area (Å²) in [6.07, 6.45) is 6.85. The summed E-state index contributed by atoms with van der Waals surface area (Å²) in [7, 11) is 0. The highest BCUT2D eigenvalue weighted by atomic mass is 19.1. The Labute approximate surface area is 191 Å². The molecule has 0 atom stereocenters. The molecular formula is C25H26FN5O2. The van der Waals surface area contributed by atoms with Crippen molar-refractivity contribution in [2.75, 3.05) is 13.1 Å². The van der Waals surface area contributed by atoms with E-state index in [1.165, 1.54) is 18.9 Å². The molecule has 2 aromatic carbocycles. The fourth-order valence-corrected chi connectivity index (χ4v) is 4.26. The summed E-state index contributed by atoms with van der Waals surface area (Å²) in [5.41, 5.74) is 3.61. The van der Waals surface area contributed by atoms with Crippen molar-refractivity contribution >= 4 is 16.9 Å². The molecule has 170 valence electrons. The third kappa shape index (κ3) is 4.51. The van der Waals surface area contributed by atoms with Crippen LogP contribution in [-0.2, 0) is 11.3 Å². The summed E-state index contributed by atoms with van der Waals surface area (Å²) in [4.78, 5) is 23.5. The van der Waals surface area contributed by atoms with Crippen molar-refractivity contribution in [1.82, 2.24) is 24.6 Å². The molecule has 0 unspecified atom stereocenters. The van der Waals surface area contributed by atoms with E-state index in [4.69, 9.17) is 4.52 Å². The molecule has 1 aliphatic rings. The number of aryl methyl sites for hydroxylation is 2. The molecule has 7 nitrogen and oxygen atoms in total. The second-order valence-corrected chi connectivity index (χ2v) is 8.57. The maximum absolute atomic E-state index is 13.9. The normalized spacial score (nSPS) is 14.5. The summed E-state index contributed by atoms with van der Waals surface area (Å²) in [6.45, 7) is 4.04. The number of amides is 1. The minimum Gasteiger partial charge on any atom is -0.343 e. The van der Waals surface area contributed by atoms with Gasteiger partial charge in [-0.05, 0) is 55.7 Å². The van der Waals surface area contributed by atoms with Crippen molar-refractivity contribution in [3.8, 4) is 22.8 Å². The van der Waals surface area contributed by atoms with Gasteiger partial charge in [-0.1, -0.05) is 24.1 Å². The summed E-state index contributed by atoms with van der Waals surface area (Å²) >= 11 is 0. The highest BCUT2D eigenvalue weighted by Gasteiger charge is 2.17. The van der Waals surface area contributed by atoms with E-state index in [1.54, 1.807) is 25.4 Å². The van der Waals surface area contributed by atoms with Crippen molar-refractivity contribution in [2.45, 2.75) is 45.6 Å². The molecule has 33 heavy (non-hydrogen) atoms. The van der Waals surface area contributed by atoms with E-state index in [2.05, 4.69) is 15.1 Å². The van der Waals surface area contributed by atoms with Crippen LogP contribution < -0.4 is 0 Å². The molecule has 0 aliphatic carbocycles. The molecule has 0 saturated carbocycles. The van der Waals surface area contributed by atoms with Crippen LogP contribution in [0, 0.1) is 12.7 Å². The number of imidazole rings is 1. The second kappa shape index (κ2) is 9.13. The fourth-order valence-electron chi connectivity index (χ4n) is 4.26. The Morgan fingerprint density at radius 2 is 1.85 bits per heavy atom. The molecule has 0 bridgehead atoms. The van der Waals surface area contributed by atoms with E-state index >= 15 is 0 Å². The van der Waals surface area contributed by atoms with Crippen LogP contribution in [0.5, 0.6) is 0 Å². The predicted molar refractivity (Wildman–Crippen MR) is 123 cm³/mol. The number of likely N-dealkylation sites (tertiary alicyclic amines) is 1. The van der Waals surface area contributed by atoms with Gasteiger partial charge in [0.25, 0.3) is 5.89 Å². The Hall–Kier alpha value is -3.55. The predicted octanol–water partition coefficient (Wildman–Crippen LogP) is 4.99. The largest absolute Gasteiger partial charge is 0.343 e. The van der Waals surface area contributed by atoms with Gasteiger partial charge >= 0.3 is 0 Å². The lowest BCUT2D eigenvalue weighted by molar-refractivity contribution is -0.131. The van der Waals surface area contributed by atoms with E-state index in [0.29, 0.717) is 29.9 Å². The lowest BCUT2D eigenvalue weighted by Crippen LogP contribution is -2.32. The zero-order chi connectivity index (χ0) is 22.8. The molecule has 0 radical (unpaired) electrons. The van der Waals surface area contributed by atoms with Gasteiger partial charge in [-0.15, -0.1) is 0 Å². The molecule has 1 fully saturated rings. The van der Waals surface area contributed by atoms with Gasteiger partial charge in [-0.25, -0.2) is 9.37 Å².